The van der Waals surface area contributed by atoms with Crippen molar-refractivity contribution in [2.24, 2.45) is 14.1 Å². The van der Waals surface area contributed by atoms with E-state index in [1.54, 1.807) is 59.0 Å². The highest BCUT2D eigenvalue weighted by Gasteiger charge is 2.30. The third-order valence-electron chi connectivity index (χ3n) is 8.85. The molecule has 0 fully saturated rings. The number of fused-ring (bicyclic) bond motifs is 1. The largest absolute Gasteiger partial charge is 0.508 e. The van der Waals surface area contributed by atoms with Crippen molar-refractivity contribution >= 4 is 34.8 Å². The summed E-state index contributed by atoms with van der Waals surface area (Å²) in [6, 6.07) is 25.4. The third kappa shape index (κ3) is 7.49. The highest BCUT2D eigenvalue weighted by atomic mass is 35.5. The van der Waals surface area contributed by atoms with Gasteiger partial charge in [-0.15, -0.1) is 0 Å². The smallest absolute Gasteiger partial charge is 0.264 e. The second-order valence-corrected chi connectivity index (χ2v) is 12.5. The lowest BCUT2D eigenvalue weighted by Crippen LogP contribution is -2.36. The van der Waals surface area contributed by atoms with Gasteiger partial charge in [-0.25, -0.2) is 0 Å². The van der Waals surface area contributed by atoms with Crippen LogP contribution in [0.15, 0.2) is 78.9 Å². The number of carbonyl (C=O) groups excluding carboxylic acids is 2. The molecule has 1 aliphatic rings. The number of hydrogen-bond donors (Lipinski definition) is 1. The van der Waals surface area contributed by atoms with Crippen LogP contribution in [0.25, 0.3) is 11.3 Å². The summed E-state index contributed by atoms with van der Waals surface area (Å²) < 4.78 is 3.64. The first-order valence-electron chi connectivity index (χ1n) is 17.0. The van der Waals surface area contributed by atoms with Gasteiger partial charge < -0.3 is 19.1 Å². The van der Waals surface area contributed by atoms with Crippen molar-refractivity contribution < 1.29 is 14.7 Å². The summed E-state index contributed by atoms with van der Waals surface area (Å²) in [6.45, 7) is 13.1. The van der Waals surface area contributed by atoms with E-state index in [9.17, 15) is 20.0 Å². The summed E-state index contributed by atoms with van der Waals surface area (Å²) in [4.78, 5) is 31.9. The Morgan fingerprint density at radius 1 is 0.880 bits per heavy atom. The molecule has 0 unspecified atom stereocenters. The minimum Gasteiger partial charge on any atom is -0.508 e. The van der Waals surface area contributed by atoms with Crippen LogP contribution in [0.1, 0.15) is 83.0 Å². The van der Waals surface area contributed by atoms with Crippen LogP contribution in [0.2, 0.25) is 5.02 Å². The van der Waals surface area contributed by atoms with Crippen molar-refractivity contribution in [1.82, 2.24) is 14.0 Å². The maximum Gasteiger partial charge on any atom is 0.264 e. The molecule has 6 rings (SSSR count). The van der Waals surface area contributed by atoms with Crippen LogP contribution < -0.4 is 4.90 Å². The summed E-state index contributed by atoms with van der Waals surface area (Å²) in [6.07, 6.45) is 2.03. The van der Waals surface area contributed by atoms with E-state index in [1.807, 2.05) is 56.3 Å². The van der Waals surface area contributed by atoms with Crippen LogP contribution in [0.5, 0.6) is 5.75 Å². The molecule has 3 aromatic carbocycles. The zero-order chi connectivity index (χ0) is 36.7. The summed E-state index contributed by atoms with van der Waals surface area (Å²) in [7, 11) is 3.64. The van der Waals surface area contributed by atoms with Gasteiger partial charge in [-0.1, -0.05) is 70.0 Å². The molecule has 1 N–H and O–H groups in total. The van der Waals surface area contributed by atoms with Crippen molar-refractivity contribution in [3.05, 3.63) is 123 Å². The number of amides is 2. The lowest BCUT2D eigenvalue weighted by Gasteiger charge is -2.29. The first kappa shape index (κ1) is 37.6. The molecule has 2 aromatic heterocycles. The van der Waals surface area contributed by atoms with Gasteiger partial charge in [0.05, 0.1) is 11.3 Å². The van der Waals surface area contributed by atoms with Crippen molar-refractivity contribution in [2.75, 3.05) is 11.4 Å². The maximum atomic E-state index is 14.5. The minimum absolute atomic E-state index is 0.0715. The summed E-state index contributed by atoms with van der Waals surface area (Å²) >= 11 is 6.50. The van der Waals surface area contributed by atoms with Gasteiger partial charge in [-0.3, -0.25) is 14.5 Å². The first-order chi connectivity index (χ1) is 24.0. The Kier molecular flexibility index (Phi) is 12.3. The lowest BCUT2D eigenvalue weighted by molar-refractivity contribution is 0.0735. The molecule has 0 bridgehead atoms. The first-order valence-corrected chi connectivity index (χ1v) is 17.4. The van der Waals surface area contributed by atoms with Gasteiger partial charge >= 0.3 is 0 Å². The average Bonchev–Trinajstić information content (AvgIpc) is 3.59. The van der Waals surface area contributed by atoms with Gasteiger partial charge in [0.25, 0.3) is 11.8 Å². The normalized spacial score (nSPS) is 11.7. The number of phenols is 1. The van der Waals surface area contributed by atoms with Crippen LogP contribution in [-0.4, -0.2) is 37.5 Å². The Balaban J connectivity index is 0.00000107. The molecule has 50 heavy (non-hydrogen) atoms. The predicted octanol–water partition coefficient (Wildman–Crippen LogP) is 9.50. The molecule has 2 amide bonds. The van der Waals surface area contributed by atoms with Crippen molar-refractivity contribution in [2.45, 2.75) is 60.9 Å². The standard InChI is InChI=1S/C36H32ClN5O3.C3H8.C2H6/c1-22-31(36(45)42(27-10-12-29(43)13-11-27)33-18-28(20-38)39(3)23(33)2)19-34(40(22)4)32-17-26(37)9-14-30(32)35(44)41-16-15-24-7-5-6-8-25(24)21-41;1-3-2;1-2/h5-14,17-19,43H,15-16,21H2,1-4H3;3H2,1-2H3;1-2H3. The zero-order valence-electron chi connectivity index (χ0n) is 30.2. The Morgan fingerprint density at radius 2 is 1.52 bits per heavy atom. The number of benzene rings is 3. The molecule has 0 saturated carbocycles. The number of aromatic nitrogens is 2. The van der Waals surface area contributed by atoms with Gasteiger partial charge in [0, 0.05) is 66.1 Å². The van der Waals surface area contributed by atoms with Crippen molar-refractivity contribution in [3.63, 3.8) is 0 Å². The van der Waals surface area contributed by atoms with Gasteiger partial charge in [0.1, 0.15) is 17.5 Å². The fourth-order valence-corrected chi connectivity index (χ4v) is 6.21. The number of halogens is 1. The molecule has 0 spiro atoms. The highest BCUT2D eigenvalue weighted by molar-refractivity contribution is 6.31. The second kappa shape index (κ2) is 16.4. The van der Waals surface area contributed by atoms with Crippen LogP contribution in [0.4, 0.5) is 11.4 Å². The van der Waals surface area contributed by atoms with Crippen LogP contribution in [0.3, 0.4) is 0 Å². The summed E-state index contributed by atoms with van der Waals surface area (Å²) in [5.41, 5.74) is 7.55. The van der Waals surface area contributed by atoms with E-state index in [2.05, 4.69) is 32.0 Å². The summed E-state index contributed by atoms with van der Waals surface area (Å²) in [5, 5.41) is 20.1. The van der Waals surface area contributed by atoms with Gasteiger partial charge in [0.15, 0.2) is 0 Å². The van der Waals surface area contributed by atoms with E-state index >= 15 is 0 Å². The number of rotatable bonds is 5. The Morgan fingerprint density at radius 3 is 2.14 bits per heavy atom. The minimum atomic E-state index is -0.319. The molecule has 1 aliphatic heterocycles. The van der Waals surface area contributed by atoms with E-state index < -0.39 is 0 Å². The van der Waals surface area contributed by atoms with E-state index in [4.69, 9.17) is 11.6 Å². The molecule has 260 valence electrons. The highest BCUT2D eigenvalue weighted by Crippen LogP contribution is 2.37. The van der Waals surface area contributed by atoms with Gasteiger partial charge in [-0.2, -0.15) is 5.26 Å². The fraction of sp³-hybridized carbons (Fsp3) is 0.293. The van der Waals surface area contributed by atoms with E-state index in [1.165, 1.54) is 24.1 Å². The quantitative estimate of drug-likeness (QED) is 0.199. The second-order valence-electron chi connectivity index (χ2n) is 12.1. The van der Waals surface area contributed by atoms with Gasteiger partial charge in [0.2, 0.25) is 0 Å². The molecule has 3 heterocycles. The average molecular weight is 692 g/mol. The number of nitrogens with zero attached hydrogens (tertiary/aromatic N) is 5. The zero-order valence-corrected chi connectivity index (χ0v) is 31.0. The predicted molar refractivity (Wildman–Crippen MR) is 202 cm³/mol. The number of nitriles is 1. The molecule has 0 aliphatic carbocycles. The number of hydrogen-bond acceptors (Lipinski definition) is 4. The lowest BCUT2D eigenvalue weighted by atomic mass is 9.97. The van der Waals surface area contributed by atoms with E-state index in [0.717, 1.165) is 17.7 Å². The molecule has 5 aromatic rings. The number of anilines is 2. The Bertz CT molecular complexity index is 2030. The fourth-order valence-electron chi connectivity index (χ4n) is 6.03. The number of phenolic OH excluding ortho intramolecular Hbond substituents is 1. The molecular weight excluding hydrogens is 646 g/mol. The van der Waals surface area contributed by atoms with E-state index in [0.29, 0.717) is 63.3 Å². The molecule has 9 heteroatoms. The topological polar surface area (TPSA) is 94.5 Å². The van der Waals surface area contributed by atoms with Crippen LogP contribution in [0, 0.1) is 25.2 Å². The monoisotopic (exact) mass is 691 g/mol. The van der Waals surface area contributed by atoms with Crippen molar-refractivity contribution in [3.8, 4) is 23.1 Å². The number of aromatic hydroxyl groups is 1. The number of carbonyl (C=O) groups is 2. The molecule has 0 saturated heterocycles. The van der Waals surface area contributed by atoms with Gasteiger partial charge in [-0.05, 0) is 86.0 Å². The third-order valence-corrected chi connectivity index (χ3v) is 9.08. The Labute approximate surface area is 300 Å². The summed E-state index contributed by atoms with van der Waals surface area (Å²) in [5.74, 6) is -0.347. The van der Waals surface area contributed by atoms with Crippen molar-refractivity contribution in [1.29, 1.82) is 5.26 Å². The molecule has 0 radical (unpaired) electrons. The van der Waals surface area contributed by atoms with E-state index in [-0.39, 0.29) is 17.6 Å². The Hall–Kier alpha value is -5.26. The van der Waals surface area contributed by atoms with Crippen LogP contribution >= 0.6 is 11.6 Å². The molecule has 8 nitrogen and oxygen atoms in total. The van der Waals surface area contributed by atoms with Crippen LogP contribution in [-0.2, 0) is 27.1 Å². The maximum absolute atomic E-state index is 14.5. The molecular formula is C41H46ClN5O3. The SMILES string of the molecule is CC.CCC.Cc1c(N(C(=O)c2cc(-c3cc(Cl)ccc3C(=O)N3CCc4ccccc4C3)n(C)c2C)c2ccc(O)cc2)cc(C#N)n1C. The molecule has 0 atom stereocenters.